The Bertz CT molecular complexity index is 1790. The molecule has 0 radical (unpaired) electrons. The number of methoxy groups -OCH3 is 1. The number of anilines is 3. The molecule has 0 aliphatic carbocycles. The van der Waals surface area contributed by atoms with Crippen molar-refractivity contribution in [1.82, 2.24) is 19.7 Å². The molecule has 0 spiro atoms. The molecule has 5 aromatic rings. The van der Waals surface area contributed by atoms with Crippen LogP contribution in [0.4, 0.5) is 22.1 Å². The van der Waals surface area contributed by atoms with Gasteiger partial charge in [0.05, 0.1) is 17.1 Å². The van der Waals surface area contributed by atoms with Crippen molar-refractivity contribution < 1.29 is 19.1 Å². The molecule has 0 fully saturated rings. The minimum absolute atomic E-state index is 0.0884. The minimum atomic E-state index is -0.461. The quantitative estimate of drug-likeness (QED) is 0.161. The number of pyridine rings is 2. The molecule has 3 aromatic heterocycles. The predicted molar refractivity (Wildman–Crippen MR) is 164 cm³/mol. The molecule has 5 rings (SSSR count). The summed E-state index contributed by atoms with van der Waals surface area (Å²) in [6.45, 7) is 2.01. The van der Waals surface area contributed by atoms with Gasteiger partial charge in [-0.3, -0.25) is 14.9 Å². The van der Waals surface area contributed by atoms with E-state index in [-0.39, 0.29) is 18.1 Å². The number of H-pyrrole nitrogens is 1. The van der Waals surface area contributed by atoms with E-state index in [0.29, 0.717) is 34.5 Å². The predicted octanol–water partition coefficient (Wildman–Crippen LogP) is 5.47. The van der Waals surface area contributed by atoms with E-state index in [4.69, 9.17) is 9.47 Å². The van der Waals surface area contributed by atoms with Gasteiger partial charge >= 0.3 is 6.03 Å². The molecule has 0 aliphatic heterocycles. The van der Waals surface area contributed by atoms with Crippen molar-refractivity contribution in [2.24, 2.45) is 0 Å². The fourth-order valence-electron chi connectivity index (χ4n) is 4.45. The van der Waals surface area contributed by atoms with Gasteiger partial charge in [0.15, 0.2) is 0 Å². The Kier molecular flexibility index (Phi) is 9.08. The van der Waals surface area contributed by atoms with Gasteiger partial charge in [-0.15, -0.1) is 0 Å². The molecule has 0 bridgehead atoms. The normalized spacial score (nSPS) is 10.8. The minimum Gasteiger partial charge on any atom is -0.457 e. The van der Waals surface area contributed by atoms with E-state index in [2.05, 4.69) is 37.9 Å². The molecular weight excluding hydrogens is 550 g/mol. The van der Waals surface area contributed by atoms with Crippen molar-refractivity contribution in [1.29, 1.82) is 0 Å². The highest BCUT2D eigenvalue weighted by atomic mass is 16.5. The number of fused-ring (bicyclic) bond motifs is 1. The fourth-order valence-corrected chi connectivity index (χ4v) is 4.45. The highest BCUT2D eigenvalue weighted by Gasteiger charge is 2.15. The first-order valence-electron chi connectivity index (χ1n) is 13.7. The maximum absolute atomic E-state index is 13.2. The van der Waals surface area contributed by atoms with Gasteiger partial charge in [0.2, 0.25) is 5.56 Å². The summed E-state index contributed by atoms with van der Waals surface area (Å²) < 4.78 is 12.6. The fraction of sp³-hybridized carbons (Fsp3) is 0.194. The molecule has 12 heteroatoms. The van der Waals surface area contributed by atoms with E-state index in [9.17, 15) is 14.4 Å². The molecule has 220 valence electrons. The third-order valence-electron chi connectivity index (χ3n) is 6.43. The van der Waals surface area contributed by atoms with Crippen LogP contribution in [0.2, 0.25) is 0 Å². The summed E-state index contributed by atoms with van der Waals surface area (Å²) in [4.78, 5) is 43.5. The molecule has 4 N–H and O–H groups in total. The van der Waals surface area contributed by atoms with Crippen molar-refractivity contribution in [2.45, 2.75) is 26.2 Å². The van der Waals surface area contributed by atoms with Gasteiger partial charge in [0.1, 0.15) is 29.7 Å². The molecule has 12 nitrogen and oxygen atoms in total. The molecule has 3 heterocycles. The summed E-state index contributed by atoms with van der Waals surface area (Å²) in [6, 6.07) is 18.8. The average Bonchev–Trinajstić information content (AvgIpc) is 3.40. The topological polar surface area (TPSA) is 152 Å². The van der Waals surface area contributed by atoms with E-state index in [1.165, 1.54) is 19.4 Å². The van der Waals surface area contributed by atoms with Crippen molar-refractivity contribution >= 4 is 40.0 Å². The molecular formula is C31H31N7O5. The Morgan fingerprint density at radius 3 is 2.58 bits per heavy atom. The van der Waals surface area contributed by atoms with Gasteiger partial charge in [0, 0.05) is 48.5 Å². The van der Waals surface area contributed by atoms with Crippen LogP contribution >= 0.6 is 0 Å². The van der Waals surface area contributed by atoms with Crippen molar-refractivity contribution in [3.63, 3.8) is 0 Å². The standard InChI is InChI=1S/C31H31N7O5/c1-3-4-7-20-16-28(38(37-20)21-10-13-29(39)33-18-21)36-31(41)34-25-11-12-26(24-9-6-5-8-23(24)25)43-22-14-15-32-27(17-22)35-30(40)19-42-2/h5-6,8-18H,3-4,7,19H2,1-2H3,(H,33,39)(H,32,35,40)(H2,34,36,41). The van der Waals surface area contributed by atoms with Crippen molar-refractivity contribution in [3.05, 3.63) is 95.2 Å². The van der Waals surface area contributed by atoms with Crippen LogP contribution in [0.5, 0.6) is 11.5 Å². The highest BCUT2D eigenvalue weighted by molar-refractivity contribution is 6.07. The summed E-state index contributed by atoms with van der Waals surface area (Å²) in [6.07, 6.45) is 5.81. The maximum Gasteiger partial charge on any atom is 0.324 e. The number of rotatable bonds is 11. The molecule has 0 aliphatic rings. The number of aromatic amines is 1. The van der Waals surface area contributed by atoms with E-state index in [0.717, 1.165) is 35.7 Å². The largest absolute Gasteiger partial charge is 0.457 e. The zero-order chi connectivity index (χ0) is 30.2. The van der Waals surface area contributed by atoms with Gasteiger partial charge in [-0.05, 0) is 37.1 Å². The van der Waals surface area contributed by atoms with Gasteiger partial charge in [-0.1, -0.05) is 37.6 Å². The lowest BCUT2D eigenvalue weighted by Gasteiger charge is -2.14. The van der Waals surface area contributed by atoms with E-state index in [1.54, 1.807) is 41.2 Å². The zero-order valence-corrected chi connectivity index (χ0v) is 23.7. The van der Waals surface area contributed by atoms with E-state index in [1.807, 2.05) is 30.3 Å². The number of nitrogens with one attached hydrogen (secondary N) is 4. The molecule has 43 heavy (non-hydrogen) atoms. The number of benzene rings is 2. The number of hydrogen-bond donors (Lipinski definition) is 4. The first-order chi connectivity index (χ1) is 20.9. The van der Waals surface area contributed by atoms with Crippen LogP contribution in [0, 0.1) is 0 Å². The summed E-state index contributed by atoms with van der Waals surface area (Å²) >= 11 is 0. The number of carbonyl (C=O) groups is 2. The van der Waals surface area contributed by atoms with Gasteiger partial charge in [-0.2, -0.15) is 5.10 Å². The van der Waals surface area contributed by atoms with Crippen LogP contribution in [0.3, 0.4) is 0 Å². The summed E-state index contributed by atoms with van der Waals surface area (Å²) in [5.41, 5.74) is 1.78. The first kappa shape index (κ1) is 29.0. The Labute approximate surface area is 247 Å². The number of carbonyl (C=O) groups excluding carboxylic acids is 2. The summed E-state index contributed by atoms with van der Waals surface area (Å²) in [7, 11) is 1.44. The van der Waals surface area contributed by atoms with Gasteiger partial charge < -0.3 is 25.1 Å². The van der Waals surface area contributed by atoms with Crippen LogP contribution in [0.15, 0.2) is 83.9 Å². The third kappa shape index (κ3) is 7.24. The van der Waals surface area contributed by atoms with Crippen LogP contribution in [0.25, 0.3) is 16.5 Å². The number of aryl methyl sites for hydroxylation is 1. The maximum atomic E-state index is 13.2. The Morgan fingerprint density at radius 2 is 1.81 bits per heavy atom. The lowest BCUT2D eigenvalue weighted by Crippen LogP contribution is -2.21. The molecule has 2 aromatic carbocycles. The highest BCUT2D eigenvalue weighted by Crippen LogP contribution is 2.35. The second kappa shape index (κ2) is 13.4. The van der Waals surface area contributed by atoms with Crippen LogP contribution in [0.1, 0.15) is 25.5 Å². The number of urea groups is 1. The third-order valence-corrected chi connectivity index (χ3v) is 6.43. The number of aromatic nitrogens is 4. The van der Waals surface area contributed by atoms with E-state index >= 15 is 0 Å². The number of amides is 3. The van der Waals surface area contributed by atoms with E-state index < -0.39 is 6.03 Å². The van der Waals surface area contributed by atoms with Crippen LogP contribution < -0.4 is 26.2 Å². The Morgan fingerprint density at radius 1 is 0.977 bits per heavy atom. The van der Waals surface area contributed by atoms with Crippen LogP contribution in [-0.4, -0.2) is 45.4 Å². The molecule has 0 atom stereocenters. The Balaban J connectivity index is 1.36. The summed E-state index contributed by atoms with van der Waals surface area (Å²) in [5.74, 6) is 1.49. The first-order valence-corrected chi connectivity index (χ1v) is 13.7. The van der Waals surface area contributed by atoms with Gasteiger partial charge in [-0.25, -0.2) is 14.5 Å². The van der Waals surface area contributed by atoms with Crippen molar-refractivity contribution in [3.8, 4) is 17.2 Å². The summed E-state index contributed by atoms with van der Waals surface area (Å²) in [5, 5.41) is 14.7. The molecule has 0 unspecified atom stereocenters. The number of nitrogens with zero attached hydrogens (tertiary/aromatic N) is 3. The van der Waals surface area contributed by atoms with Crippen LogP contribution in [-0.2, 0) is 16.0 Å². The second-order valence-corrected chi connectivity index (χ2v) is 9.64. The number of ether oxygens (including phenoxy) is 2. The number of hydrogen-bond acceptors (Lipinski definition) is 7. The lowest BCUT2D eigenvalue weighted by molar-refractivity contribution is -0.119. The van der Waals surface area contributed by atoms with Crippen molar-refractivity contribution in [2.75, 3.05) is 29.7 Å². The second-order valence-electron chi connectivity index (χ2n) is 9.64. The average molecular weight is 582 g/mol. The van der Waals surface area contributed by atoms with Gasteiger partial charge in [0.25, 0.3) is 5.91 Å². The molecule has 0 saturated heterocycles. The lowest BCUT2D eigenvalue weighted by atomic mass is 10.1. The number of unbranched alkanes of at least 4 members (excludes halogenated alkanes) is 1. The monoisotopic (exact) mass is 581 g/mol. The Hall–Kier alpha value is -5.49. The molecule has 0 saturated carbocycles. The SMILES string of the molecule is CCCCc1cc(NC(=O)Nc2ccc(Oc3ccnc(NC(=O)COC)c3)c3ccccc23)n(-c2ccc(=O)[nH]c2)n1. The zero-order valence-electron chi connectivity index (χ0n) is 23.7. The smallest absolute Gasteiger partial charge is 0.324 e. The molecule has 3 amide bonds.